The Kier molecular flexibility index (Phi) is 5.22. The summed E-state index contributed by atoms with van der Waals surface area (Å²) in [6.07, 6.45) is 6.75. The molecule has 0 aliphatic carbocycles. The summed E-state index contributed by atoms with van der Waals surface area (Å²) in [6, 6.07) is 4.18. The molecule has 0 spiro atoms. The number of aromatic nitrogens is 1. The number of carbonyl (C=O) groups excluding carboxylic acids is 1. The molecular weight excluding hydrogens is 352 g/mol. The lowest BCUT2D eigenvalue weighted by atomic mass is 9.91. The van der Waals surface area contributed by atoms with Gasteiger partial charge in [0.1, 0.15) is 17.7 Å². The van der Waals surface area contributed by atoms with Crippen LogP contribution in [0, 0.1) is 0 Å². The molecule has 0 radical (unpaired) electrons. The summed E-state index contributed by atoms with van der Waals surface area (Å²) in [5.74, 6) is 1.14. The average molecular weight is 375 g/mol. The number of nitrogens with zero attached hydrogens (tertiary/aromatic N) is 3. The number of allylic oxidation sites excluding steroid dienone is 1. The lowest BCUT2D eigenvalue weighted by molar-refractivity contribution is -0.113. The molecule has 26 heavy (non-hydrogen) atoms. The zero-order valence-electron chi connectivity index (χ0n) is 14.7. The first-order chi connectivity index (χ1) is 12.7. The van der Waals surface area contributed by atoms with E-state index in [1.807, 2.05) is 6.20 Å². The first-order valence-electron chi connectivity index (χ1n) is 9.22. The maximum atomic E-state index is 11.7. The lowest BCUT2D eigenvalue weighted by Gasteiger charge is -2.24. The van der Waals surface area contributed by atoms with Crippen LogP contribution in [0.1, 0.15) is 30.7 Å². The minimum atomic E-state index is -0.120. The van der Waals surface area contributed by atoms with Crippen LogP contribution in [0.2, 0.25) is 0 Å². The van der Waals surface area contributed by atoms with Gasteiger partial charge in [-0.2, -0.15) is 0 Å². The number of dihydropyridines is 1. The highest BCUT2D eigenvalue weighted by Gasteiger charge is 2.29. The Morgan fingerprint density at radius 2 is 2.12 bits per heavy atom. The Labute approximate surface area is 158 Å². The van der Waals surface area contributed by atoms with Crippen molar-refractivity contribution in [1.82, 2.24) is 15.2 Å². The highest BCUT2D eigenvalue weighted by atomic mass is 35.5. The van der Waals surface area contributed by atoms with Gasteiger partial charge in [-0.25, -0.2) is 4.98 Å². The van der Waals surface area contributed by atoms with Gasteiger partial charge in [-0.3, -0.25) is 9.79 Å². The van der Waals surface area contributed by atoms with E-state index in [0.29, 0.717) is 24.0 Å². The molecule has 0 saturated carbocycles. The summed E-state index contributed by atoms with van der Waals surface area (Å²) >= 11 is 6.17. The Morgan fingerprint density at radius 1 is 1.27 bits per heavy atom. The van der Waals surface area contributed by atoms with Crippen molar-refractivity contribution in [2.75, 3.05) is 32.7 Å². The molecule has 6 nitrogen and oxygen atoms in total. The highest BCUT2D eigenvalue weighted by molar-refractivity contribution is 6.44. The van der Waals surface area contributed by atoms with Crippen molar-refractivity contribution in [2.45, 2.75) is 31.3 Å². The number of Topliss-reactive ketones (excluding diaryl/α,β-unsaturated/α-hetero) is 1. The van der Waals surface area contributed by atoms with Gasteiger partial charge in [0.05, 0.1) is 12.2 Å². The van der Waals surface area contributed by atoms with Crippen LogP contribution in [0.5, 0.6) is 5.88 Å². The molecule has 1 atom stereocenters. The minimum Gasteiger partial charge on any atom is -0.472 e. The monoisotopic (exact) mass is 374 g/mol. The van der Waals surface area contributed by atoms with Crippen LogP contribution >= 0.6 is 11.6 Å². The van der Waals surface area contributed by atoms with Crippen LogP contribution in [0.25, 0.3) is 0 Å². The molecule has 1 aromatic rings. The highest BCUT2D eigenvalue weighted by Crippen LogP contribution is 2.28. The van der Waals surface area contributed by atoms with Crippen molar-refractivity contribution in [3.63, 3.8) is 0 Å². The summed E-state index contributed by atoms with van der Waals surface area (Å²) in [4.78, 5) is 22.3. The Bertz CT molecular complexity index is 743. The molecule has 138 valence electrons. The number of rotatable bonds is 4. The number of aliphatic imine (C=N–C) groups is 1. The molecule has 0 bridgehead atoms. The van der Waals surface area contributed by atoms with Crippen LogP contribution in [0.15, 0.2) is 34.1 Å². The summed E-state index contributed by atoms with van der Waals surface area (Å²) in [5, 5.41) is 3.68. The van der Waals surface area contributed by atoms with Gasteiger partial charge in [-0.15, -0.1) is 0 Å². The van der Waals surface area contributed by atoms with Crippen LogP contribution in [0.3, 0.4) is 0 Å². The fourth-order valence-electron chi connectivity index (χ4n) is 3.82. The fraction of sp³-hybridized carbons (Fsp3) is 0.526. The normalized spacial score (nSPS) is 24.4. The number of ether oxygens (including phenoxy) is 1. The maximum Gasteiger partial charge on any atom is 0.213 e. The number of carbonyl (C=O) groups is 1. The van der Waals surface area contributed by atoms with E-state index in [1.54, 1.807) is 6.21 Å². The second-order valence-corrected chi connectivity index (χ2v) is 7.40. The van der Waals surface area contributed by atoms with E-state index >= 15 is 0 Å². The van der Waals surface area contributed by atoms with Gasteiger partial charge in [0.25, 0.3) is 0 Å². The minimum absolute atomic E-state index is 0.0353. The number of piperidine rings is 1. The number of pyridine rings is 1. The molecule has 3 aliphatic rings. The SMILES string of the molecule is O=C1CN=CC(N2CC[C@@H](Oc3cc(C4CCNCC4)ccn3)C2)=C1Cl. The summed E-state index contributed by atoms with van der Waals surface area (Å²) in [5.41, 5.74) is 2.02. The van der Waals surface area contributed by atoms with Crippen LogP contribution in [-0.4, -0.2) is 60.7 Å². The van der Waals surface area contributed by atoms with E-state index in [1.165, 1.54) is 5.56 Å². The second kappa shape index (κ2) is 7.76. The van der Waals surface area contributed by atoms with Crippen molar-refractivity contribution in [2.24, 2.45) is 4.99 Å². The molecule has 0 unspecified atom stereocenters. The number of nitrogens with one attached hydrogen (secondary N) is 1. The number of ketones is 1. The second-order valence-electron chi connectivity index (χ2n) is 7.02. The van der Waals surface area contributed by atoms with Crippen molar-refractivity contribution >= 4 is 23.6 Å². The van der Waals surface area contributed by atoms with E-state index in [2.05, 4.69) is 32.3 Å². The Balaban J connectivity index is 1.40. The van der Waals surface area contributed by atoms with Gasteiger partial charge in [0, 0.05) is 31.4 Å². The molecule has 3 aliphatic heterocycles. The van der Waals surface area contributed by atoms with Gasteiger partial charge in [-0.1, -0.05) is 11.6 Å². The summed E-state index contributed by atoms with van der Waals surface area (Å²) in [6.45, 7) is 3.75. The summed E-state index contributed by atoms with van der Waals surface area (Å²) < 4.78 is 6.13. The van der Waals surface area contributed by atoms with Crippen LogP contribution in [0.4, 0.5) is 0 Å². The van der Waals surface area contributed by atoms with Gasteiger partial charge >= 0.3 is 0 Å². The smallest absolute Gasteiger partial charge is 0.213 e. The van der Waals surface area contributed by atoms with Gasteiger partial charge in [0.15, 0.2) is 5.78 Å². The Morgan fingerprint density at radius 3 is 2.96 bits per heavy atom. The van der Waals surface area contributed by atoms with Crippen molar-refractivity contribution in [3.05, 3.63) is 34.6 Å². The fourth-order valence-corrected chi connectivity index (χ4v) is 4.04. The lowest BCUT2D eigenvalue weighted by Crippen LogP contribution is -2.29. The molecule has 7 heteroatoms. The molecule has 2 fully saturated rings. The summed E-state index contributed by atoms with van der Waals surface area (Å²) in [7, 11) is 0. The zero-order valence-corrected chi connectivity index (χ0v) is 15.4. The topological polar surface area (TPSA) is 66.8 Å². The first-order valence-corrected chi connectivity index (χ1v) is 9.59. The number of hydrogen-bond acceptors (Lipinski definition) is 6. The third kappa shape index (κ3) is 3.76. The number of likely N-dealkylation sites (tertiary alicyclic amines) is 1. The van der Waals surface area contributed by atoms with Gasteiger partial charge < -0.3 is 15.0 Å². The van der Waals surface area contributed by atoms with Crippen LogP contribution in [-0.2, 0) is 4.79 Å². The van der Waals surface area contributed by atoms with E-state index in [0.717, 1.165) is 38.9 Å². The molecule has 0 aromatic carbocycles. The molecule has 0 amide bonds. The zero-order chi connectivity index (χ0) is 17.9. The number of halogens is 1. The first kappa shape index (κ1) is 17.5. The molecule has 1 aromatic heterocycles. The molecular formula is C19H23ClN4O2. The van der Waals surface area contributed by atoms with Crippen molar-refractivity contribution in [1.29, 1.82) is 0 Å². The quantitative estimate of drug-likeness (QED) is 0.874. The largest absolute Gasteiger partial charge is 0.472 e. The molecule has 1 N–H and O–H groups in total. The Hall–Kier alpha value is -1.92. The third-order valence-electron chi connectivity index (χ3n) is 5.26. The average Bonchev–Trinajstić information content (AvgIpc) is 3.13. The molecule has 2 saturated heterocycles. The standard InChI is InChI=1S/C19H23ClN4O2/c20-19-16(10-22-11-17(19)25)24-8-4-15(12-24)26-18-9-14(3-7-23-18)13-1-5-21-6-2-13/h3,7,9-10,13,15,21H,1-2,4-6,8,11-12H2/t15-/m1/s1. The predicted octanol–water partition coefficient (Wildman–Crippen LogP) is 2.11. The van der Waals surface area contributed by atoms with E-state index in [4.69, 9.17) is 16.3 Å². The third-order valence-corrected chi connectivity index (χ3v) is 5.67. The van der Waals surface area contributed by atoms with Gasteiger partial charge in [-0.05, 0) is 43.5 Å². The van der Waals surface area contributed by atoms with Crippen molar-refractivity contribution < 1.29 is 9.53 Å². The van der Waals surface area contributed by atoms with E-state index in [9.17, 15) is 4.79 Å². The maximum absolute atomic E-state index is 11.7. The van der Waals surface area contributed by atoms with Crippen LogP contribution < -0.4 is 10.1 Å². The van der Waals surface area contributed by atoms with E-state index < -0.39 is 0 Å². The van der Waals surface area contributed by atoms with E-state index in [-0.39, 0.29) is 23.5 Å². The van der Waals surface area contributed by atoms with Crippen molar-refractivity contribution in [3.8, 4) is 5.88 Å². The van der Waals surface area contributed by atoms with Gasteiger partial charge in [0.2, 0.25) is 5.88 Å². The molecule has 4 heterocycles. The number of hydrogen-bond donors (Lipinski definition) is 1. The molecule has 4 rings (SSSR count). The predicted molar refractivity (Wildman–Crippen MR) is 101 cm³/mol.